The Morgan fingerprint density at radius 1 is 1.40 bits per heavy atom. The van der Waals surface area contributed by atoms with Gasteiger partial charge in [0.25, 0.3) is 0 Å². The van der Waals surface area contributed by atoms with Crippen molar-refractivity contribution in [3.8, 4) is 5.88 Å². The molecule has 4 nitrogen and oxygen atoms in total. The highest BCUT2D eigenvalue weighted by molar-refractivity contribution is 5.32. The van der Waals surface area contributed by atoms with Gasteiger partial charge in [-0.2, -0.15) is 18.2 Å². The van der Waals surface area contributed by atoms with Crippen LogP contribution in [0, 0.1) is 0 Å². The molecule has 1 N–H and O–H groups in total. The first-order valence-electron chi connectivity index (χ1n) is 6.30. The van der Waals surface area contributed by atoms with Gasteiger partial charge in [0, 0.05) is 19.0 Å². The Bertz CT molecular complexity index is 461. The van der Waals surface area contributed by atoms with Crippen molar-refractivity contribution in [3.63, 3.8) is 0 Å². The van der Waals surface area contributed by atoms with E-state index in [1.165, 1.54) is 0 Å². The van der Waals surface area contributed by atoms with Gasteiger partial charge in [-0.1, -0.05) is 12.5 Å². The number of nitrogens with one attached hydrogen (secondary N) is 1. The molecule has 7 heteroatoms. The first-order chi connectivity index (χ1) is 9.32. The molecule has 1 heterocycles. The highest BCUT2D eigenvalue weighted by Crippen LogP contribution is 2.30. The minimum Gasteiger partial charge on any atom is -0.477 e. The molecule has 0 radical (unpaired) electrons. The summed E-state index contributed by atoms with van der Waals surface area (Å²) in [6.07, 6.45) is -3.22. The largest absolute Gasteiger partial charge is 0.477 e. The average molecular weight is 289 g/mol. The fraction of sp³-hybridized carbons (Fsp3) is 0.538. The van der Waals surface area contributed by atoms with Crippen molar-refractivity contribution in [1.29, 1.82) is 0 Å². The molecule has 0 aromatic carbocycles. The smallest absolute Gasteiger partial charge is 0.433 e. The standard InChI is InChI=1S/C13H18F3N3O/c1-4-6-17-12-18-10(13(14,15)16)8-11(19-12)20-7-5-9(2)3/h8H,2,4-7H2,1,3H3,(H,17,18,19). The zero-order valence-corrected chi connectivity index (χ0v) is 11.5. The second-order valence-corrected chi connectivity index (χ2v) is 4.40. The van der Waals surface area contributed by atoms with Crippen LogP contribution in [0.3, 0.4) is 0 Å². The van der Waals surface area contributed by atoms with E-state index in [1.54, 1.807) is 0 Å². The Kier molecular flexibility index (Phi) is 5.79. The fourth-order valence-electron chi connectivity index (χ4n) is 1.29. The van der Waals surface area contributed by atoms with Gasteiger partial charge < -0.3 is 10.1 Å². The van der Waals surface area contributed by atoms with E-state index < -0.39 is 11.9 Å². The Hall–Kier alpha value is -1.79. The Morgan fingerprint density at radius 2 is 2.10 bits per heavy atom. The molecule has 0 amide bonds. The predicted octanol–water partition coefficient (Wildman–Crippen LogP) is 3.66. The number of anilines is 1. The number of hydrogen-bond acceptors (Lipinski definition) is 4. The molecule has 1 rings (SSSR count). The highest BCUT2D eigenvalue weighted by Gasteiger charge is 2.34. The van der Waals surface area contributed by atoms with Gasteiger partial charge in [-0.25, -0.2) is 4.98 Å². The predicted molar refractivity (Wildman–Crippen MR) is 70.7 cm³/mol. The van der Waals surface area contributed by atoms with Crippen molar-refractivity contribution < 1.29 is 17.9 Å². The molecule has 0 saturated carbocycles. The lowest BCUT2D eigenvalue weighted by Gasteiger charge is -2.12. The van der Waals surface area contributed by atoms with Crippen LogP contribution >= 0.6 is 0 Å². The lowest BCUT2D eigenvalue weighted by molar-refractivity contribution is -0.141. The van der Waals surface area contributed by atoms with Gasteiger partial charge in [0.2, 0.25) is 11.8 Å². The van der Waals surface area contributed by atoms with Crippen LogP contribution in [0.25, 0.3) is 0 Å². The third-order valence-electron chi connectivity index (χ3n) is 2.30. The Morgan fingerprint density at radius 3 is 2.65 bits per heavy atom. The number of nitrogens with zero attached hydrogens (tertiary/aromatic N) is 2. The van der Waals surface area contributed by atoms with Crippen molar-refractivity contribution in [2.24, 2.45) is 0 Å². The van der Waals surface area contributed by atoms with E-state index in [0.29, 0.717) is 13.0 Å². The molecule has 0 spiro atoms. The summed E-state index contributed by atoms with van der Waals surface area (Å²) < 4.78 is 43.4. The van der Waals surface area contributed by atoms with Crippen molar-refractivity contribution in [2.45, 2.75) is 32.9 Å². The molecule has 0 aliphatic heterocycles. The quantitative estimate of drug-likeness (QED) is 0.778. The molecule has 1 aromatic rings. The monoisotopic (exact) mass is 289 g/mol. The van der Waals surface area contributed by atoms with Gasteiger partial charge in [-0.3, -0.25) is 0 Å². The second kappa shape index (κ2) is 7.12. The van der Waals surface area contributed by atoms with Gasteiger partial charge in [0.05, 0.1) is 6.61 Å². The molecule has 112 valence electrons. The summed E-state index contributed by atoms with van der Waals surface area (Å²) in [6.45, 7) is 8.13. The Balaban J connectivity index is 2.88. The molecule has 0 saturated heterocycles. The van der Waals surface area contributed by atoms with Crippen LogP contribution in [0.5, 0.6) is 5.88 Å². The molecule has 0 atom stereocenters. The van der Waals surface area contributed by atoms with Crippen LogP contribution in [0.2, 0.25) is 0 Å². The van der Waals surface area contributed by atoms with Crippen LogP contribution < -0.4 is 10.1 Å². The number of hydrogen-bond donors (Lipinski definition) is 1. The van der Waals surface area contributed by atoms with E-state index in [2.05, 4.69) is 21.9 Å². The summed E-state index contributed by atoms with van der Waals surface area (Å²) in [5.74, 6) is -0.167. The van der Waals surface area contributed by atoms with Crippen molar-refractivity contribution in [2.75, 3.05) is 18.5 Å². The SMILES string of the molecule is C=C(C)CCOc1cc(C(F)(F)F)nc(NCCC)n1. The van der Waals surface area contributed by atoms with Crippen molar-refractivity contribution in [3.05, 3.63) is 23.9 Å². The number of halogens is 3. The van der Waals surface area contributed by atoms with Crippen LogP contribution in [-0.2, 0) is 6.18 Å². The zero-order valence-electron chi connectivity index (χ0n) is 11.5. The number of aromatic nitrogens is 2. The summed E-state index contributed by atoms with van der Waals surface area (Å²) in [5.41, 5.74) is -0.129. The van der Waals surface area contributed by atoms with Crippen LogP contribution in [0.4, 0.5) is 19.1 Å². The number of alkyl halides is 3. The van der Waals surface area contributed by atoms with Crippen LogP contribution in [0.1, 0.15) is 32.4 Å². The summed E-state index contributed by atoms with van der Waals surface area (Å²) in [7, 11) is 0. The molecule has 0 unspecified atom stereocenters. The summed E-state index contributed by atoms with van der Waals surface area (Å²) in [4.78, 5) is 7.35. The molecule has 0 aliphatic carbocycles. The van der Waals surface area contributed by atoms with E-state index in [4.69, 9.17) is 4.74 Å². The van der Waals surface area contributed by atoms with E-state index in [9.17, 15) is 13.2 Å². The van der Waals surface area contributed by atoms with E-state index in [-0.39, 0.29) is 18.4 Å². The first-order valence-corrected chi connectivity index (χ1v) is 6.30. The van der Waals surface area contributed by atoms with Crippen LogP contribution in [0.15, 0.2) is 18.2 Å². The van der Waals surface area contributed by atoms with Crippen molar-refractivity contribution >= 4 is 5.95 Å². The van der Waals surface area contributed by atoms with Gasteiger partial charge in [-0.05, 0) is 13.3 Å². The third-order valence-corrected chi connectivity index (χ3v) is 2.30. The van der Waals surface area contributed by atoms with E-state index in [1.807, 2.05) is 13.8 Å². The molecular weight excluding hydrogens is 271 g/mol. The number of ether oxygens (including phenoxy) is 1. The second-order valence-electron chi connectivity index (χ2n) is 4.40. The highest BCUT2D eigenvalue weighted by atomic mass is 19.4. The maximum absolute atomic E-state index is 12.7. The van der Waals surface area contributed by atoms with Crippen molar-refractivity contribution in [1.82, 2.24) is 9.97 Å². The molecule has 0 aliphatic rings. The minimum atomic E-state index is -4.53. The summed E-state index contributed by atoms with van der Waals surface area (Å²) >= 11 is 0. The van der Waals surface area contributed by atoms with E-state index >= 15 is 0 Å². The molecule has 0 bridgehead atoms. The topological polar surface area (TPSA) is 47.0 Å². The number of rotatable bonds is 7. The fourth-order valence-corrected chi connectivity index (χ4v) is 1.29. The van der Waals surface area contributed by atoms with Gasteiger partial charge >= 0.3 is 6.18 Å². The average Bonchev–Trinajstić information content (AvgIpc) is 2.34. The summed E-state index contributed by atoms with van der Waals surface area (Å²) in [6, 6.07) is 0.801. The molecular formula is C13H18F3N3O. The molecule has 1 aromatic heterocycles. The van der Waals surface area contributed by atoms with Gasteiger partial charge in [0.15, 0.2) is 5.69 Å². The van der Waals surface area contributed by atoms with Crippen LogP contribution in [-0.4, -0.2) is 23.1 Å². The normalized spacial score (nSPS) is 11.2. The maximum atomic E-state index is 12.7. The first kappa shape index (κ1) is 16.3. The molecule has 20 heavy (non-hydrogen) atoms. The Labute approximate surface area is 116 Å². The maximum Gasteiger partial charge on any atom is 0.433 e. The van der Waals surface area contributed by atoms with E-state index in [0.717, 1.165) is 18.1 Å². The minimum absolute atomic E-state index is 0.0769. The lowest BCUT2D eigenvalue weighted by atomic mass is 10.3. The summed E-state index contributed by atoms with van der Waals surface area (Å²) in [5, 5.41) is 2.73. The van der Waals surface area contributed by atoms with Gasteiger partial charge in [-0.15, -0.1) is 6.58 Å². The lowest BCUT2D eigenvalue weighted by Crippen LogP contribution is -2.13. The third kappa shape index (κ3) is 5.46. The van der Waals surface area contributed by atoms with Gasteiger partial charge in [0.1, 0.15) is 0 Å². The zero-order chi connectivity index (χ0) is 15.2. The molecule has 0 fully saturated rings.